The molecule has 3 aromatic carbocycles. The molecule has 3 rings (SSSR count). The lowest BCUT2D eigenvalue weighted by molar-refractivity contribution is 0.683. The molecule has 0 fully saturated rings. The van der Waals surface area contributed by atoms with Crippen LogP contribution in [0.3, 0.4) is 0 Å². The van der Waals surface area contributed by atoms with Crippen molar-refractivity contribution in [1.29, 1.82) is 0 Å². The lowest BCUT2D eigenvalue weighted by Gasteiger charge is -2.09. The van der Waals surface area contributed by atoms with Crippen LogP contribution in [0.2, 0.25) is 0 Å². The number of hydrogen-bond acceptors (Lipinski definition) is 2. The van der Waals surface area contributed by atoms with Crippen molar-refractivity contribution in [2.45, 2.75) is 23.6 Å². The van der Waals surface area contributed by atoms with Crippen LogP contribution in [0.15, 0.2) is 92.9 Å². The maximum absolute atomic E-state index is 13.2. The average Bonchev–Trinajstić information content (AvgIpc) is 2.67. The van der Waals surface area contributed by atoms with Gasteiger partial charge in [-0.1, -0.05) is 65.7 Å². The molecule has 0 aliphatic heterocycles. The normalized spacial score (nSPS) is 13.0. The van der Waals surface area contributed by atoms with Gasteiger partial charge in [0.05, 0.1) is 21.6 Å². The third kappa shape index (κ3) is 4.45. The van der Waals surface area contributed by atoms with Crippen LogP contribution in [0, 0.1) is 13.8 Å². The standard InChI is InChI=1S/C22H20O2S2/c1-17-8-12-20(13-9-17)25(23)22(16-19-6-4-3-5-7-19)26(24)21-14-10-18(2)11-15-21/h3-16H,1-2H3. The highest BCUT2D eigenvalue weighted by molar-refractivity contribution is 8.08. The highest BCUT2D eigenvalue weighted by atomic mass is 32.2. The molecule has 0 N–H and O–H groups in total. The van der Waals surface area contributed by atoms with Crippen LogP contribution < -0.4 is 0 Å². The molecular weight excluding hydrogens is 360 g/mol. The zero-order valence-corrected chi connectivity index (χ0v) is 16.3. The first-order valence-electron chi connectivity index (χ1n) is 8.28. The number of hydrogen-bond donors (Lipinski definition) is 0. The van der Waals surface area contributed by atoms with E-state index >= 15 is 0 Å². The van der Waals surface area contributed by atoms with E-state index in [-0.39, 0.29) is 0 Å². The fourth-order valence-electron chi connectivity index (χ4n) is 2.42. The van der Waals surface area contributed by atoms with Crippen molar-refractivity contribution in [2.24, 2.45) is 0 Å². The quantitative estimate of drug-likeness (QED) is 0.608. The minimum Gasteiger partial charge on any atom is -0.248 e. The minimum absolute atomic E-state index is 0.393. The smallest absolute Gasteiger partial charge is 0.113 e. The summed E-state index contributed by atoms with van der Waals surface area (Å²) >= 11 is 0. The van der Waals surface area contributed by atoms with Crippen molar-refractivity contribution in [3.8, 4) is 0 Å². The van der Waals surface area contributed by atoms with E-state index in [1.54, 1.807) is 6.08 Å². The summed E-state index contributed by atoms with van der Waals surface area (Å²) in [6.07, 6.45) is 1.77. The van der Waals surface area contributed by atoms with Crippen LogP contribution in [0.4, 0.5) is 0 Å². The van der Waals surface area contributed by atoms with E-state index in [1.807, 2.05) is 92.7 Å². The highest BCUT2D eigenvalue weighted by Gasteiger charge is 2.19. The maximum atomic E-state index is 13.2. The van der Waals surface area contributed by atoms with Gasteiger partial charge >= 0.3 is 0 Å². The van der Waals surface area contributed by atoms with Gasteiger partial charge in [0.1, 0.15) is 4.24 Å². The van der Waals surface area contributed by atoms with Crippen LogP contribution in [-0.2, 0) is 21.6 Å². The van der Waals surface area contributed by atoms with Gasteiger partial charge in [-0.25, -0.2) is 8.42 Å². The maximum Gasteiger partial charge on any atom is 0.113 e. The van der Waals surface area contributed by atoms with Crippen molar-refractivity contribution < 1.29 is 8.42 Å². The number of rotatable bonds is 5. The Hall–Kier alpha value is -2.30. The zero-order valence-electron chi connectivity index (χ0n) is 14.7. The molecule has 0 aromatic heterocycles. The molecule has 0 aliphatic rings. The Kier molecular flexibility index (Phi) is 5.96. The molecule has 2 nitrogen and oxygen atoms in total. The molecule has 0 radical (unpaired) electrons. The lowest BCUT2D eigenvalue weighted by Crippen LogP contribution is -2.04. The van der Waals surface area contributed by atoms with Crippen molar-refractivity contribution in [2.75, 3.05) is 0 Å². The molecule has 2 atom stereocenters. The molecule has 132 valence electrons. The first kappa shape index (κ1) is 18.5. The number of benzene rings is 3. The van der Waals surface area contributed by atoms with Crippen LogP contribution in [0.5, 0.6) is 0 Å². The van der Waals surface area contributed by atoms with Gasteiger partial charge in [0.25, 0.3) is 0 Å². The highest BCUT2D eigenvalue weighted by Crippen LogP contribution is 2.25. The fourth-order valence-corrected chi connectivity index (χ4v) is 5.26. The van der Waals surface area contributed by atoms with E-state index in [1.165, 1.54) is 0 Å². The zero-order chi connectivity index (χ0) is 18.5. The minimum atomic E-state index is -1.50. The second-order valence-corrected chi connectivity index (χ2v) is 9.19. The molecule has 0 aliphatic carbocycles. The first-order chi connectivity index (χ1) is 12.5. The SMILES string of the molecule is Cc1ccc(S(=O)C(=Cc2ccccc2)S(=O)c2ccc(C)cc2)cc1. The van der Waals surface area contributed by atoms with Crippen LogP contribution in [-0.4, -0.2) is 8.42 Å². The average molecular weight is 381 g/mol. The Labute approximate surface area is 159 Å². The van der Waals surface area contributed by atoms with E-state index < -0.39 is 21.6 Å². The molecule has 3 aromatic rings. The summed E-state index contributed by atoms with van der Waals surface area (Å²) in [6.45, 7) is 3.97. The largest absolute Gasteiger partial charge is 0.248 e. The van der Waals surface area contributed by atoms with E-state index in [2.05, 4.69) is 0 Å². The van der Waals surface area contributed by atoms with Crippen molar-refractivity contribution in [3.05, 3.63) is 99.8 Å². The summed E-state index contributed by atoms with van der Waals surface area (Å²) in [6, 6.07) is 24.6. The van der Waals surface area contributed by atoms with E-state index in [0.717, 1.165) is 16.7 Å². The van der Waals surface area contributed by atoms with E-state index in [4.69, 9.17) is 0 Å². The molecule has 4 heteroatoms. The predicted octanol–water partition coefficient (Wildman–Crippen LogP) is 5.22. The first-order valence-corrected chi connectivity index (χ1v) is 10.6. The molecule has 2 unspecified atom stereocenters. The summed E-state index contributed by atoms with van der Waals surface area (Å²) in [7, 11) is -3.01. The molecule has 26 heavy (non-hydrogen) atoms. The van der Waals surface area contributed by atoms with Crippen molar-refractivity contribution >= 4 is 27.7 Å². The van der Waals surface area contributed by atoms with E-state index in [0.29, 0.717) is 14.0 Å². The third-order valence-corrected chi connectivity index (χ3v) is 7.20. The van der Waals surface area contributed by atoms with Gasteiger partial charge in [-0.05, 0) is 49.8 Å². The molecule has 0 saturated heterocycles. The van der Waals surface area contributed by atoms with Crippen molar-refractivity contribution in [1.82, 2.24) is 0 Å². The Morgan fingerprint density at radius 2 is 1.08 bits per heavy atom. The van der Waals surface area contributed by atoms with Crippen LogP contribution >= 0.6 is 0 Å². The third-order valence-electron chi connectivity index (χ3n) is 3.92. The summed E-state index contributed by atoms with van der Waals surface area (Å²) in [5, 5.41) is 0. The molecule has 0 spiro atoms. The fraction of sp³-hybridized carbons (Fsp3) is 0.0909. The summed E-state index contributed by atoms with van der Waals surface area (Å²) < 4.78 is 26.8. The van der Waals surface area contributed by atoms with Gasteiger partial charge in [-0.15, -0.1) is 0 Å². The van der Waals surface area contributed by atoms with Gasteiger partial charge < -0.3 is 0 Å². The van der Waals surface area contributed by atoms with Crippen LogP contribution in [0.1, 0.15) is 16.7 Å². The van der Waals surface area contributed by atoms with Gasteiger partial charge in [-0.3, -0.25) is 0 Å². The molecule has 0 bridgehead atoms. The van der Waals surface area contributed by atoms with Crippen molar-refractivity contribution in [3.63, 3.8) is 0 Å². The van der Waals surface area contributed by atoms with Gasteiger partial charge in [0.15, 0.2) is 0 Å². The monoisotopic (exact) mass is 380 g/mol. The topological polar surface area (TPSA) is 34.1 Å². The Bertz CT molecular complexity index is 898. The van der Waals surface area contributed by atoms with Gasteiger partial charge in [0, 0.05) is 9.79 Å². The Morgan fingerprint density at radius 3 is 1.50 bits per heavy atom. The Morgan fingerprint density at radius 1 is 0.654 bits per heavy atom. The second kappa shape index (κ2) is 8.39. The van der Waals surface area contributed by atoms with Gasteiger partial charge in [0.2, 0.25) is 0 Å². The predicted molar refractivity (Wildman–Crippen MR) is 110 cm³/mol. The van der Waals surface area contributed by atoms with E-state index in [9.17, 15) is 8.42 Å². The molecule has 0 amide bonds. The summed E-state index contributed by atoms with van der Waals surface area (Å²) in [5.74, 6) is 0. The van der Waals surface area contributed by atoms with Crippen LogP contribution in [0.25, 0.3) is 6.08 Å². The molecular formula is C22H20O2S2. The molecule has 0 saturated carbocycles. The molecule has 0 heterocycles. The second-order valence-electron chi connectivity index (χ2n) is 6.04. The number of aryl methyl sites for hydroxylation is 2. The Balaban J connectivity index is 2.05. The van der Waals surface area contributed by atoms with Gasteiger partial charge in [-0.2, -0.15) is 0 Å². The lowest BCUT2D eigenvalue weighted by atomic mass is 10.2. The summed E-state index contributed by atoms with van der Waals surface area (Å²) in [5.41, 5.74) is 3.07. The summed E-state index contributed by atoms with van der Waals surface area (Å²) in [4.78, 5) is 1.30.